The highest BCUT2D eigenvalue weighted by Gasteiger charge is 2.74. The number of fused-ring (bicyclic) bond motifs is 4. The minimum Gasteiger partial charge on any atom is -0.387 e. The van der Waals surface area contributed by atoms with E-state index in [2.05, 4.69) is 5.32 Å². The van der Waals surface area contributed by atoms with Gasteiger partial charge in [-0.3, -0.25) is 19.3 Å². The van der Waals surface area contributed by atoms with Crippen molar-refractivity contribution in [1.82, 2.24) is 4.90 Å². The van der Waals surface area contributed by atoms with Crippen LogP contribution in [0.1, 0.15) is 18.9 Å². The molecule has 1 spiro atoms. The maximum atomic E-state index is 14.0. The molecule has 0 unspecified atom stereocenters. The summed E-state index contributed by atoms with van der Waals surface area (Å²) in [5, 5.41) is 14.6. The molecule has 0 aliphatic carbocycles. The second-order valence-corrected chi connectivity index (χ2v) is 7.68. The van der Waals surface area contributed by atoms with E-state index in [4.69, 9.17) is 4.74 Å². The Bertz CT molecular complexity index is 860. The zero-order valence-electron chi connectivity index (χ0n) is 15.6. The van der Waals surface area contributed by atoms with Gasteiger partial charge in [-0.05, 0) is 31.5 Å². The highest BCUT2D eigenvalue weighted by atomic mass is 19.1. The van der Waals surface area contributed by atoms with Crippen LogP contribution in [-0.4, -0.2) is 60.1 Å². The number of nitrogens with one attached hydrogen (secondary N) is 1. The molecule has 9 heteroatoms. The van der Waals surface area contributed by atoms with Crippen molar-refractivity contribution < 1.29 is 33.9 Å². The lowest BCUT2D eigenvalue weighted by Gasteiger charge is -2.27. The lowest BCUT2D eigenvalue weighted by molar-refractivity contribution is -0.738. The molecule has 4 rings (SSSR count). The fourth-order valence-electron chi connectivity index (χ4n) is 4.95. The van der Waals surface area contributed by atoms with Crippen LogP contribution in [0.2, 0.25) is 0 Å². The lowest BCUT2D eigenvalue weighted by atomic mass is 9.76. The van der Waals surface area contributed by atoms with Crippen LogP contribution in [0.4, 0.5) is 10.1 Å². The number of aliphatic hydroxyl groups is 1. The van der Waals surface area contributed by atoms with E-state index in [1.165, 1.54) is 32.2 Å². The van der Waals surface area contributed by atoms with Gasteiger partial charge in [0.25, 0.3) is 5.91 Å². The number of hydrogen-bond donors (Lipinski definition) is 3. The van der Waals surface area contributed by atoms with Gasteiger partial charge in [0.2, 0.25) is 17.4 Å². The second-order valence-electron chi connectivity index (χ2n) is 7.68. The molecule has 0 aromatic heterocycles. The molecule has 4 N–H and O–H groups in total. The summed E-state index contributed by atoms with van der Waals surface area (Å²) in [6.07, 6.45) is -0.464. The number of amides is 3. The molecule has 150 valence electrons. The van der Waals surface area contributed by atoms with Crippen LogP contribution in [0, 0.1) is 17.7 Å². The summed E-state index contributed by atoms with van der Waals surface area (Å²) in [7, 11) is 1.53. The number of nitrogens with two attached hydrogens (primary N) is 1. The Balaban J connectivity index is 1.81. The molecule has 3 aliphatic rings. The third-order valence-corrected chi connectivity index (χ3v) is 6.14. The summed E-state index contributed by atoms with van der Waals surface area (Å²) in [4.78, 5) is 40.5. The molecule has 0 radical (unpaired) electrons. The van der Waals surface area contributed by atoms with E-state index in [1.54, 1.807) is 5.32 Å². The largest absolute Gasteiger partial charge is 0.387 e. The molecule has 2 fully saturated rings. The van der Waals surface area contributed by atoms with E-state index in [1.807, 2.05) is 0 Å². The molecule has 3 amide bonds. The maximum absolute atomic E-state index is 14.0. The molecule has 3 heterocycles. The smallest absolute Gasteiger partial charge is 0.291 e. The molecule has 28 heavy (non-hydrogen) atoms. The first-order valence-electron chi connectivity index (χ1n) is 9.32. The molecule has 8 nitrogen and oxygen atoms in total. The molecule has 1 aromatic rings. The minimum absolute atomic E-state index is 0.179. The number of imide groups is 1. The quantitative estimate of drug-likeness (QED) is 0.437. The summed E-state index contributed by atoms with van der Waals surface area (Å²) in [5.41, 5.74) is -0.701. The highest BCUT2D eigenvalue weighted by Crippen LogP contribution is 2.49. The highest BCUT2D eigenvalue weighted by molar-refractivity contribution is 6.13. The van der Waals surface area contributed by atoms with Crippen molar-refractivity contribution in [3.05, 3.63) is 29.6 Å². The normalized spacial score (nSPS) is 32.1. The second kappa shape index (κ2) is 6.61. The summed E-state index contributed by atoms with van der Waals surface area (Å²) >= 11 is 0. The Labute approximate surface area is 161 Å². The molecule has 1 aromatic carbocycles. The van der Waals surface area contributed by atoms with Gasteiger partial charge in [0.15, 0.2) is 0 Å². The Morgan fingerprint density at radius 1 is 1.36 bits per heavy atom. The van der Waals surface area contributed by atoms with Crippen molar-refractivity contribution in [3.8, 4) is 0 Å². The number of aliphatic hydroxyl groups excluding tert-OH is 1. The van der Waals surface area contributed by atoms with Gasteiger partial charge in [0, 0.05) is 25.8 Å². The Hall–Kier alpha value is -2.36. The number of ether oxygens (including phenoxy) is 1. The monoisotopic (exact) mass is 392 g/mol. The Kier molecular flexibility index (Phi) is 4.48. The van der Waals surface area contributed by atoms with Gasteiger partial charge in [-0.1, -0.05) is 0 Å². The van der Waals surface area contributed by atoms with Crippen LogP contribution >= 0.6 is 0 Å². The summed E-state index contributed by atoms with van der Waals surface area (Å²) in [5.74, 6) is -3.71. The third-order valence-electron chi connectivity index (χ3n) is 6.14. The van der Waals surface area contributed by atoms with E-state index in [-0.39, 0.29) is 6.54 Å². The van der Waals surface area contributed by atoms with Gasteiger partial charge in [-0.15, -0.1) is 0 Å². The number of methoxy groups -OCH3 is 1. The van der Waals surface area contributed by atoms with Crippen LogP contribution in [0.5, 0.6) is 0 Å². The fraction of sp³-hybridized carbons (Fsp3) is 0.526. The first kappa shape index (κ1) is 19.0. The van der Waals surface area contributed by atoms with E-state index in [0.29, 0.717) is 24.3 Å². The number of halogens is 1. The SMILES string of the molecule is COCCCN1C(=O)[C@@H]2[C@H]([C@@H](C)O)[NH2+][C@]3(C(=O)Nc4ccc(F)cc43)[C@@H]2C1=O. The van der Waals surface area contributed by atoms with E-state index in [0.717, 1.165) is 4.90 Å². The van der Waals surface area contributed by atoms with Gasteiger partial charge < -0.3 is 20.5 Å². The average Bonchev–Trinajstić information content (AvgIpc) is 3.23. The number of rotatable bonds is 5. The van der Waals surface area contributed by atoms with Gasteiger partial charge >= 0.3 is 0 Å². The molecular formula is C19H23FN3O5+. The predicted molar refractivity (Wildman–Crippen MR) is 94.3 cm³/mol. The first-order chi connectivity index (χ1) is 13.3. The van der Waals surface area contributed by atoms with Gasteiger partial charge in [-0.25, -0.2) is 4.39 Å². The number of carbonyl (C=O) groups is 3. The number of benzene rings is 1. The predicted octanol–water partition coefficient (Wildman–Crippen LogP) is -1.06. The van der Waals surface area contributed by atoms with Crippen molar-refractivity contribution in [2.45, 2.75) is 31.0 Å². The summed E-state index contributed by atoms with van der Waals surface area (Å²) < 4.78 is 19.0. The number of quaternary nitrogens is 1. The van der Waals surface area contributed by atoms with E-state index < -0.39 is 53.1 Å². The zero-order valence-corrected chi connectivity index (χ0v) is 15.6. The van der Waals surface area contributed by atoms with Gasteiger partial charge in [0.1, 0.15) is 29.8 Å². The molecule has 5 atom stereocenters. The van der Waals surface area contributed by atoms with Crippen LogP contribution in [0.3, 0.4) is 0 Å². The average molecular weight is 392 g/mol. The van der Waals surface area contributed by atoms with Gasteiger partial charge in [-0.2, -0.15) is 0 Å². The first-order valence-corrected chi connectivity index (χ1v) is 9.32. The number of nitrogens with zero attached hydrogens (tertiary/aromatic N) is 1. The fourth-order valence-corrected chi connectivity index (χ4v) is 4.95. The summed E-state index contributed by atoms with van der Waals surface area (Å²) in [6, 6.07) is 3.23. The molecule has 2 saturated heterocycles. The lowest BCUT2D eigenvalue weighted by Crippen LogP contribution is -3.00. The van der Waals surface area contributed by atoms with Crippen LogP contribution in [0.25, 0.3) is 0 Å². The van der Waals surface area contributed by atoms with Crippen LogP contribution in [0.15, 0.2) is 18.2 Å². The number of likely N-dealkylation sites (tertiary alicyclic amines) is 1. The number of anilines is 1. The molecule has 0 saturated carbocycles. The standard InChI is InChI=1S/C19H22FN3O5/c1-9(24)15-13-14(17(26)23(16(13)25)6-3-7-28-2)19(22-15)11-8-10(20)4-5-12(11)21-18(19)27/h4-5,8-9,13-15,22,24H,3,6-7H2,1-2H3,(H,21,27)/p+1/t9-,13+,14+,15+,19+/m1/s1. The minimum atomic E-state index is -1.47. The summed E-state index contributed by atoms with van der Waals surface area (Å²) in [6.45, 7) is 2.10. The van der Waals surface area contributed by atoms with Crippen molar-refractivity contribution in [1.29, 1.82) is 0 Å². The maximum Gasteiger partial charge on any atom is 0.291 e. The third kappa shape index (κ3) is 2.43. The molecule has 3 aliphatic heterocycles. The van der Waals surface area contributed by atoms with E-state index >= 15 is 0 Å². The Morgan fingerprint density at radius 3 is 2.79 bits per heavy atom. The van der Waals surface area contributed by atoms with Crippen LogP contribution < -0.4 is 10.6 Å². The van der Waals surface area contributed by atoms with Crippen molar-refractivity contribution >= 4 is 23.4 Å². The van der Waals surface area contributed by atoms with Crippen molar-refractivity contribution in [2.24, 2.45) is 11.8 Å². The van der Waals surface area contributed by atoms with Gasteiger partial charge in [0.05, 0.1) is 5.69 Å². The molecule has 0 bridgehead atoms. The van der Waals surface area contributed by atoms with Crippen molar-refractivity contribution in [2.75, 3.05) is 25.6 Å². The van der Waals surface area contributed by atoms with Crippen LogP contribution in [-0.2, 0) is 24.7 Å². The van der Waals surface area contributed by atoms with Crippen molar-refractivity contribution in [3.63, 3.8) is 0 Å². The Morgan fingerprint density at radius 2 is 2.11 bits per heavy atom. The van der Waals surface area contributed by atoms with E-state index in [9.17, 15) is 23.9 Å². The molecular weight excluding hydrogens is 369 g/mol. The number of hydrogen-bond acceptors (Lipinski definition) is 5. The topological polar surface area (TPSA) is 113 Å². The number of carbonyl (C=O) groups excluding carboxylic acids is 3. The zero-order chi connectivity index (χ0) is 20.2.